The maximum atomic E-state index is 12.8. The third kappa shape index (κ3) is 3.94. The van der Waals surface area contributed by atoms with Gasteiger partial charge in [0.1, 0.15) is 0 Å². The summed E-state index contributed by atoms with van der Waals surface area (Å²) in [7, 11) is 0. The Labute approximate surface area is 163 Å². The van der Waals surface area contributed by atoms with Crippen LogP contribution in [0.2, 0.25) is 0 Å². The predicted octanol–water partition coefficient (Wildman–Crippen LogP) is 5.22. The molecule has 27 heavy (non-hydrogen) atoms. The molecule has 3 nitrogen and oxygen atoms in total. The van der Waals surface area contributed by atoms with E-state index in [4.69, 9.17) is 0 Å². The summed E-state index contributed by atoms with van der Waals surface area (Å²) in [6.07, 6.45) is 13.0. The summed E-state index contributed by atoms with van der Waals surface area (Å²) in [6.45, 7) is 3.49. The van der Waals surface area contributed by atoms with Gasteiger partial charge in [-0.25, -0.2) is 0 Å². The Hall–Kier alpha value is -1.35. The summed E-state index contributed by atoms with van der Waals surface area (Å²) in [5, 5.41) is 3.20. The zero-order chi connectivity index (χ0) is 18.3. The van der Waals surface area contributed by atoms with Crippen molar-refractivity contribution in [1.82, 2.24) is 4.90 Å². The van der Waals surface area contributed by atoms with E-state index < -0.39 is 0 Å². The summed E-state index contributed by atoms with van der Waals surface area (Å²) in [5.74, 6) is 2.98. The summed E-state index contributed by atoms with van der Waals surface area (Å²) < 4.78 is 0. The number of hydrogen-bond acceptors (Lipinski definition) is 2. The van der Waals surface area contributed by atoms with Crippen LogP contribution in [0.15, 0.2) is 24.3 Å². The molecule has 1 amide bonds. The van der Waals surface area contributed by atoms with E-state index in [0.717, 1.165) is 36.4 Å². The largest absolute Gasteiger partial charge is 0.326 e. The van der Waals surface area contributed by atoms with E-state index in [-0.39, 0.29) is 5.91 Å². The molecule has 1 heterocycles. The molecule has 4 aliphatic carbocycles. The highest BCUT2D eigenvalue weighted by Crippen LogP contribution is 2.61. The average Bonchev–Trinajstić information content (AvgIpc) is 2.62. The lowest BCUT2D eigenvalue weighted by molar-refractivity contribution is -0.124. The zero-order valence-corrected chi connectivity index (χ0v) is 16.6. The number of amides is 1. The van der Waals surface area contributed by atoms with Crippen molar-refractivity contribution < 1.29 is 4.79 Å². The smallest absolute Gasteiger partial charge is 0.224 e. The van der Waals surface area contributed by atoms with Crippen LogP contribution in [0.1, 0.15) is 69.8 Å². The van der Waals surface area contributed by atoms with E-state index in [1.807, 2.05) is 0 Å². The minimum absolute atomic E-state index is 0.237. The van der Waals surface area contributed by atoms with Crippen LogP contribution < -0.4 is 5.32 Å². The molecule has 6 rings (SSSR count). The molecule has 1 aromatic carbocycles. The average molecular weight is 367 g/mol. The van der Waals surface area contributed by atoms with Crippen LogP contribution in [0, 0.1) is 23.2 Å². The second kappa shape index (κ2) is 7.24. The fourth-order valence-electron chi connectivity index (χ4n) is 7.12. The second-order valence-electron chi connectivity index (χ2n) is 10.2. The molecule has 0 atom stereocenters. The van der Waals surface area contributed by atoms with Crippen LogP contribution in [-0.4, -0.2) is 23.9 Å². The summed E-state index contributed by atoms with van der Waals surface area (Å²) in [5.41, 5.74) is 2.65. The Bertz CT molecular complexity index is 639. The van der Waals surface area contributed by atoms with Crippen LogP contribution in [-0.2, 0) is 11.3 Å². The zero-order valence-electron chi connectivity index (χ0n) is 16.6. The first-order valence-electron chi connectivity index (χ1n) is 11.3. The van der Waals surface area contributed by atoms with Gasteiger partial charge >= 0.3 is 0 Å². The highest BCUT2D eigenvalue weighted by molar-refractivity contribution is 5.91. The number of nitrogens with one attached hydrogen (secondary N) is 1. The van der Waals surface area contributed by atoms with Gasteiger partial charge in [0.25, 0.3) is 0 Å². The standard InChI is InChI=1S/C24H34N2O/c27-23(16-24-13-19-10-20(14-24)12-21(11-19)15-24)25-22-6-4-18(5-7-22)17-26-8-2-1-3-9-26/h4-7,19-21H,1-3,8-17H2,(H,25,27). The third-order valence-electron chi connectivity index (χ3n) is 7.79. The van der Waals surface area contributed by atoms with Gasteiger partial charge in [-0.05, 0) is 105 Å². The van der Waals surface area contributed by atoms with E-state index >= 15 is 0 Å². The van der Waals surface area contributed by atoms with Gasteiger partial charge in [0.15, 0.2) is 0 Å². The first-order chi connectivity index (χ1) is 13.2. The van der Waals surface area contributed by atoms with Crippen LogP contribution in [0.4, 0.5) is 5.69 Å². The van der Waals surface area contributed by atoms with Crippen molar-refractivity contribution in [3.8, 4) is 0 Å². The van der Waals surface area contributed by atoms with Crippen molar-refractivity contribution in [2.24, 2.45) is 23.2 Å². The third-order valence-corrected chi connectivity index (χ3v) is 7.79. The molecule has 4 saturated carbocycles. The number of carbonyl (C=O) groups excluding carboxylic acids is 1. The van der Waals surface area contributed by atoms with E-state index in [1.165, 1.54) is 76.4 Å². The molecule has 4 bridgehead atoms. The number of nitrogens with zero attached hydrogens (tertiary/aromatic N) is 1. The van der Waals surface area contributed by atoms with Gasteiger partial charge < -0.3 is 5.32 Å². The summed E-state index contributed by atoms with van der Waals surface area (Å²) in [4.78, 5) is 15.3. The number of rotatable bonds is 5. The molecule has 0 radical (unpaired) electrons. The van der Waals surface area contributed by atoms with Gasteiger partial charge in [-0.3, -0.25) is 9.69 Å². The second-order valence-corrected chi connectivity index (χ2v) is 10.2. The topological polar surface area (TPSA) is 32.3 Å². The summed E-state index contributed by atoms with van der Waals surface area (Å²) in [6, 6.07) is 8.57. The van der Waals surface area contributed by atoms with Gasteiger partial charge in [-0.1, -0.05) is 18.6 Å². The minimum atomic E-state index is 0.237. The first-order valence-corrected chi connectivity index (χ1v) is 11.3. The fourth-order valence-corrected chi connectivity index (χ4v) is 7.12. The molecule has 1 aliphatic heterocycles. The molecular weight excluding hydrogens is 332 g/mol. The van der Waals surface area contributed by atoms with E-state index in [1.54, 1.807) is 0 Å². The first kappa shape index (κ1) is 17.7. The lowest BCUT2D eigenvalue weighted by Gasteiger charge is -2.56. The molecule has 1 aromatic rings. The van der Waals surface area contributed by atoms with Crippen LogP contribution >= 0.6 is 0 Å². The minimum Gasteiger partial charge on any atom is -0.326 e. The Morgan fingerprint density at radius 3 is 2.11 bits per heavy atom. The number of benzene rings is 1. The maximum absolute atomic E-state index is 12.8. The number of hydrogen-bond donors (Lipinski definition) is 1. The van der Waals surface area contributed by atoms with E-state index in [2.05, 4.69) is 34.5 Å². The molecule has 5 aliphatic rings. The Morgan fingerprint density at radius 1 is 0.926 bits per heavy atom. The quantitative estimate of drug-likeness (QED) is 0.775. The monoisotopic (exact) mass is 366 g/mol. The highest BCUT2D eigenvalue weighted by atomic mass is 16.1. The Morgan fingerprint density at radius 2 is 1.52 bits per heavy atom. The van der Waals surface area contributed by atoms with Crippen molar-refractivity contribution in [2.45, 2.75) is 70.8 Å². The van der Waals surface area contributed by atoms with Gasteiger partial charge in [-0.15, -0.1) is 0 Å². The number of likely N-dealkylation sites (tertiary alicyclic amines) is 1. The lowest BCUT2D eigenvalue weighted by Crippen LogP contribution is -2.47. The lowest BCUT2D eigenvalue weighted by atomic mass is 9.49. The fraction of sp³-hybridized carbons (Fsp3) is 0.708. The van der Waals surface area contributed by atoms with Crippen LogP contribution in [0.5, 0.6) is 0 Å². The SMILES string of the molecule is O=C(CC12CC3CC(CC(C3)C1)C2)Nc1ccc(CN2CCCCC2)cc1. The van der Waals surface area contributed by atoms with Gasteiger partial charge in [-0.2, -0.15) is 0 Å². The van der Waals surface area contributed by atoms with Gasteiger partial charge in [0, 0.05) is 18.7 Å². The molecule has 3 heteroatoms. The van der Waals surface area contributed by atoms with E-state index in [9.17, 15) is 4.79 Å². The van der Waals surface area contributed by atoms with Crippen molar-refractivity contribution in [2.75, 3.05) is 18.4 Å². The van der Waals surface area contributed by atoms with Gasteiger partial charge in [0.2, 0.25) is 5.91 Å². The molecule has 5 fully saturated rings. The molecule has 1 saturated heterocycles. The van der Waals surface area contributed by atoms with Gasteiger partial charge in [0.05, 0.1) is 0 Å². The molecule has 0 aromatic heterocycles. The number of anilines is 1. The van der Waals surface area contributed by atoms with Crippen LogP contribution in [0.25, 0.3) is 0 Å². The molecule has 0 unspecified atom stereocenters. The summed E-state index contributed by atoms with van der Waals surface area (Å²) >= 11 is 0. The Kier molecular flexibility index (Phi) is 4.75. The van der Waals surface area contributed by atoms with Crippen molar-refractivity contribution in [1.29, 1.82) is 0 Å². The highest BCUT2D eigenvalue weighted by Gasteiger charge is 2.51. The van der Waals surface area contributed by atoms with Crippen molar-refractivity contribution in [3.63, 3.8) is 0 Å². The Balaban J connectivity index is 1.16. The molecule has 146 valence electrons. The molecule has 1 N–H and O–H groups in total. The number of piperidine rings is 1. The van der Waals surface area contributed by atoms with Crippen molar-refractivity contribution >= 4 is 11.6 Å². The number of carbonyl (C=O) groups is 1. The molecular formula is C24H34N2O. The molecule has 0 spiro atoms. The maximum Gasteiger partial charge on any atom is 0.224 e. The van der Waals surface area contributed by atoms with Crippen LogP contribution in [0.3, 0.4) is 0 Å². The van der Waals surface area contributed by atoms with Crippen molar-refractivity contribution in [3.05, 3.63) is 29.8 Å². The normalized spacial score (nSPS) is 35.3. The predicted molar refractivity (Wildman–Crippen MR) is 109 cm³/mol. The van der Waals surface area contributed by atoms with E-state index in [0.29, 0.717) is 5.41 Å².